The van der Waals surface area contributed by atoms with Gasteiger partial charge in [-0.3, -0.25) is 9.36 Å². The van der Waals surface area contributed by atoms with E-state index in [0.29, 0.717) is 17.6 Å². The maximum absolute atomic E-state index is 13.1. The van der Waals surface area contributed by atoms with Crippen LogP contribution in [0.5, 0.6) is 5.75 Å². The number of carbonyl (C=O) groups is 1. The number of hydrogen-bond donors (Lipinski definition) is 0. The number of ether oxygens (including phenoxy) is 1. The van der Waals surface area contributed by atoms with Crippen molar-refractivity contribution in [3.63, 3.8) is 0 Å². The van der Waals surface area contributed by atoms with Gasteiger partial charge in [-0.25, -0.2) is 0 Å². The summed E-state index contributed by atoms with van der Waals surface area (Å²) in [6.45, 7) is 2.55. The highest BCUT2D eigenvalue weighted by Crippen LogP contribution is 2.34. The SMILES string of the molecule is CCOc1ccc(-n2c(SCC(=O)N(C)C3(C#N)CCCCC3)nnc2-c2ccccc2)cc1. The summed E-state index contributed by atoms with van der Waals surface area (Å²) >= 11 is 1.34. The normalized spacial score (nSPS) is 14.9. The molecule has 0 radical (unpaired) electrons. The number of aromatic nitrogens is 3. The number of nitriles is 1. The van der Waals surface area contributed by atoms with Crippen LogP contribution in [-0.4, -0.2) is 50.5 Å². The van der Waals surface area contributed by atoms with Crippen LogP contribution in [0.3, 0.4) is 0 Å². The van der Waals surface area contributed by atoms with Crippen LogP contribution in [0.15, 0.2) is 59.8 Å². The van der Waals surface area contributed by atoms with Crippen molar-refractivity contribution in [3.8, 4) is 28.9 Å². The van der Waals surface area contributed by atoms with E-state index in [0.717, 1.165) is 49.1 Å². The lowest BCUT2D eigenvalue weighted by Gasteiger charge is -2.39. The zero-order valence-corrected chi connectivity index (χ0v) is 20.4. The molecule has 8 heteroatoms. The number of thioether (sulfide) groups is 1. The molecule has 176 valence electrons. The molecule has 1 heterocycles. The van der Waals surface area contributed by atoms with Crippen LogP contribution in [0.2, 0.25) is 0 Å². The fourth-order valence-corrected chi connectivity index (χ4v) is 5.21. The Morgan fingerprint density at radius 2 is 1.82 bits per heavy atom. The fraction of sp³-hybridized carbons (Fsp3) is 0.385. The van der Waals surface area contributed by atoms with Gasteiger partial charge in [0.25, 0.3) is 0 Å². The summed E-state index contributed by atoms with van der Waals surface area (Å²) in [5, 5.41) is 19.3. The highest BCUT2D eigenvalue weighted by Gasteiger charge is 2.38. The predicted octanol–water partition coefficient (Wildman–Crippen LogP) is 5.11. The van der Waals surface area contributed by atoms with Gasteiger partial charge in [0.15, 0.2) is 11.0 Å². The Bertz CT molecular complexity index is 1150. The molecule has 2 aromatic carbocycles. The van der Waals surface area contributed by atoms with Crippen molar-refractivity contribution < 1.29 is 9.53 Å². The van der Waals surface area contributed by atoms with Crippen molar-refractivity contribution >= 4 is 17.7 Å². The molecule has 34 heavy (non-hydrogen) atoms. The largest absolute Gasteiger partial charge is 0.494 e. The maximum Gasteiger partial charge on any atom is 0.234 e. The van der Waals surface area contributed by atoms with Gasteiger partial charge >= 0.3 is 0 Å². The lowest BCUT2D eigenvalue weighted by Crippen LogP contribution is -2.50. The first-order chi connectivity index (χ1) is 16.6. The Balaban J connectivity index is 1.60. The van der Waals surface area contributed by atoms with E-state index < -0.39 is 5.54 Å². The zero-order chi connectivity index (χ0) is 24.0. The number of benzene rings is 2. The Kier molecular flexibility index (Phi) is 7.53. The van der Waals surface area contributed by atoms with Crippen LogP contribution in [0, 0.1) is 11.3 Å². The van der Waals surface area contributed by atoms with Gasteiger partial charge in [0, 0.05) is 18.3 Å². The Morgan fingerprint density at radius 3 is 2.47 bits per heavy atom. The van der Waals surface area contributed by atoms with Gasteiger partial charge in [-0.2, -0.15) is 5.26 Å². The molecule has 7 nitrogen and oxygen atoms in total. The van der Waals surface area contributed by atoms with Gasteiger partial charge in [-0.05, 0) is 44.0 Å². The molecule has 1 aromatic heterocycles. The summed E-state index contributed by atoms with van der Waals surface area (Å²) in [6.07, 6.45) is 4.54. The molecule has 1 aliphatic rings. The first kappa shape index (κ1) is 23.8. The van der Waals surface area contributed by atoms with E-state index >= 15 is 0 Å². The molecule has 1 aliphatic carbocycles. The molecule has 0 saturated heterocycles. The van der Waals surface area contributed by atoms with Crippen molar-refractivity contribution in [2.75, 3.05) is 19.4 Å². The summed E-state index contributed by atoms with van der Waals surface area (Å²) in [5.74, 6) is 1.61. The maximum atomic E-state index is 13.1. The molecule has 0 bridgehead atoms. The lowest BCUT2D eigenvalue weighted by molar-refractivity contribution is -0.131. The van der Waals surface area contributed by atoms with Gasteiger partial charge in [-0.15, -0.1) is 10.2 Å². The Hall–Kier alpha value is -3.31. The van der Waals surface area contributed by atoms with Crippen molar-refractivity contribution in [1.29, 1.82) is 5.26 Å². The van der Waals surface area contributed by atoms with E-state index in [2.05, 4.69) is 16.3 Å². The zero-order valence-electron chi connectivity index (χ0n) is 19.6. The van der Waals surface area contributed by atoms with Gasteiger partial charge in [0.2, 0.25) is 5.91 Å². The topological polar surface area (TPSA) is 84.0 Å². The molecule has 0 unspecified atom stereocenters. The minimum absolute atomic E-state index is 0.0732. The standard InChI is InChI=1S/C26H29N5O2S/c1-3-33-22-14-12-21(13-15-22)31-24(20-10-6-4-7-11-20)28-29-25(31)34-18-23(32)30(2)26(19-27)16-8-5-9-17-26/h4,6-7,10-15H,3,5,8-9,16-18H2,1-2H3. The average molecular weight is 476 g/mol. The molecular formula is C26H29N5O2S. The molecule has 0 atom stereocenters. The number of rotatable bonds is 8. The highest BCUT2D eigenvalue weighted by molar-refractivity contribution is 7.99. The third-order valence-electron chi connectivity index (χ3n) is 6.30. The molecule has 1 saturated carbocycles. The quantitative estimate of drug-likeness (QED) is 0.421. The second-order valence-corrected chi connectivity index (χ2v) is 9.32. The lowest BCUT2D eigenvalue weighted by atomic mass is 9.81. The van der Waals surface area contributed by atoms with Crippen molar-refractivity contribution in [1.82, 2.24) is 19.7 Å². The third-order valence-corrected chi connectivity index (χ3v) is 7.21. The van der Waals surface area contributed by atoms with E-state index in [1.807, 2.05) is 66.1 Å². The van der Waals surface area contributed by atoms with E-state index in [1.165, 1.54) is 11.8 Å². The molecule has 3 aromatic rings. The van der Waals surface area contributed by atoms with Crippen LogP contribution < -0.4 is 4.74 Å². The average Bonchev–Trinajstić information content (AvgIpc) is 3.32. The summed E-state index contributed by atoms with van der Waals surface area (Å²) in [6, 6.07) is 20.0. The van der Waals surface area contributed by atoms with Crippen molar-refractivity contribution in [3.05, 3.63) is 54.6 Å². The molecule has 1 amide bonds. The molecule has 0 aliphatic heterocycles. The van der Waals surface area contributed by atoms with E-state index in [1.54, 1.807) is 11.9 Å². The fourth-order valence-electron chi connectivity index (χ4n) is 4.35. The predicted molar refractivity (Wildman–Crippen MR) is 133 cm³/mol. The first-order valence-electron chi connectivity index (χ1n) is 11.6. The minimum atomic E-state index is -0.701. The van der Waals surface area contributed by atoms with E-state index in [-0.39, 0.29) is 11.7 Å². The molecular weight excluding hydrogens is 446 g/mol. The van der Waals surface area contributed by atoms with Crippen LogP contribution in [0.4, 0.5) is 0 Å². The number of amides is 1. The smallest absolute Gasteiger partial charge is 0.234 e. The van der Waals surface area contributed by atoms with E-state index in [4.69, 9.17) is 4.74 Å². The second kappa shape index (κ2) is 10.7. The van der Waals surface area contributed by atoms with Crippen molar-refractivity contribution in [2.24, 2.45) is 0 Å². The summed E-state index contributed by atoms with van der Waals surface area (Å²) in [5.41, 5.74) is 1.12. The Morgan fingerprint density at radius 1 is 1.12 bits per heavy atom. The molecule has 0 spiro atoms. The van der Waals surface area contributed by atoms with Gasteiger partial charge in [0.05, 0.1) is 18.4 Å². The third kappa shape index (κ3) is 4.95. The van der Waals surface area contributed by atoms with Crippen LogP contribution >= 0.6 is 11.8 Å². The highest BCUT2D eigenvalue weighted by atomic mass is 32.2. The van der Waals surface area contributed by atoms with E-state index in [9.17, 15) is 10.1 Å². The number of nitrogens with zero attached hydrogens (tertiary/aromatic N) is 5. The monoisotopic (exact) mass is 475 g/mol. The summed E-state index contributed by atoms with van der Waals surface area (Å²) < 4.78 is 7.55. The molecule has 0 N–H and O–H groups in total. The number of hydrogen-bond acceptors (Lipinski definition) is 6. The minimum Gasteiger partial charge on any atom is -0.494 e. The Labute approximate surface area is 204 Å². The van der Waals surface area contributed by atoms with Gasteiger partial charge in [-0.1, -0.05) is 61.4 Å². The summed E-state index contributed by atoms with van der Waals surface area (Å²) in [7, 11) is 1.75. The number of carbonyl (C=O) groups excluding carboxylic acids is 1. The first-order valence-corrected chi connectivity index (χ1v) is 12.6. The van der Waals surface area contributed by atoms with Gasteiger partial charge in [0.1, 0.15) is 11.3 Å². The van der Waals surface area contributed by atoms with Crippen molar-refractivity contribution in [2.45, 2.75) is 49.7 Å². The second-order valence-electron chi connectivity index (χ2n) is 8.38. The molecule has 1 fully saturated rings. The molecule has 4 rings (SSSR count). The van der Waals surface area contributed by atoms with Gasteiger partial charge < -0.3 is 9.64 Å². The summed E-state index contributed by atoms with van der Waals surface area (Å²) in [4.78, 5) is 14.7. The van der Waals surface area contributed by atoms with Crippen LogP contribution in [0.25, 0.3) is 17.1 Å². The van der Waals surface area contributed by atoms with Crippen LogP contribution in [0.1, 0.15) is 39.0 Å². The van der Waals surface area contributed by atoms with Crippen LogP contribution in [-0.2, 0) is 4.79 Å².